The molecule has 1 saturated heterocycles. The summed E-state index contributed by atoms with van der Waals surface area (Å²) in [6.45, 7) is 1.39. The van der Waals surface area contributed by atoms with Crippen molar-refractivity contribution in [1.29, 1.82) is 0 Å². The van der Waals surface area contributed by atoms with Gasteiger partial charge in [0.1, 0.15) is 5.82 Å². The molecule has 3 aromatic rings. The van der Waals surface area contributed by atoms with Gasteiger partial charge in [-0.2, -0.15) is 5.10 Å². The number of hydrogen-bond acceptors (Lipinski definition) is 5. The van der Waals surface area contributed by atoms with E-state index in [1.807, 2.05) is 23.1 Å². The van der Waals surface area contributed by atoms with Crippen LogP contribution in [0.15, 0.2) is 55.0 Å². The molecule has 2 aromatic heterocycles. The van der Waals surface area contributed by atoms with Crippen LogP contribution < -0.4 is 16.0 Å². The predicted molar refractivity (Wildman–Crippen MR) is 115 cm³/mol. The molecule has 4 rings (SSSR count). The van der Waals surface area contributed by atoms with Gasteiger partial charge in [-0.25, -0.2) is 9.67 Å². The van der Waals surface area contributed by atoms with Crippen LogP contribution in [0, 0.1) is 5.92 Å². The van der Waals surface area contributed by atoms with Crippen molar-refractivity contribution >= 4 is 34.9 Å². The third-order valence-electron chi connectivity index (χ3n) is 5.07. The van der Waals surface area contributed by atoms with Gasteiger partial charge < -0.3 is 16.0 Å². The summed E-state index contributed by atoms with van der Waals surface area (Å²) in [5.41, 5.74) is 7.20. The first-order valence-corrected chi connectivity index (χ1v) is 9.99. The van der Waals surface area contributed by atoms with Crippen molar-refractivity contribution < 1.29 is 9.59 Å². The van der Waals surface area contributed by atoms with Crippen molar-refractivity contribution in [2.45, 2.75) is 12.8 Å². The number of nitrogens with one attached hydrogen (secondary N) is 1. The monoisotopic (exact) mass is 424 g/mol. The van der Waals surface area contributed by atoms with Crippen LogP contribution in [0.2, 0.25) is 5.02 Å². The quantitative estimate of drug-likeness (QED) is 0.655. The zero-order valence-electron chi connectivity index (χ0n) is 16.2. The molecule has 0 spiro atoms. The molecule has 9 heteroatoms. The Kier molecular flexibility index (Phi) is 5.67. The molecule has 3 N–H and O–H groups in total. The molecule has 0 saturated carbocycles. The summed E-state index contributed by atoms with van der Waals surface area (Å²) in [6.07, 6.45) is 6.44. The maximum Gasteiger partial charge on any atom is 0.258 e. The Hall–Kier alpha value is -3.39. The molecule has 8 nitrogen and oxygen atoms in total. The van der Waals surface area contributed by atoms with E-state index in [4.69, 9.17) is 17.3 Å². The third-order valence-corrected chi connectivity index (χ3v) is 5.31. The molecule has 1 aliphatic heterocycles. The van der Waals surface area contributed by atoms with Crippen LogP contribution >= 0.6 is 11.6 Å². The highest BCUT2D eigenvalue weighted by Crippen LogP contribution is 2.22. The summed E-state index contributed by atoms with van der Waals surface area (Å²) in [7, 11) is 0. The zero-order chi connectivity index (χ0) is 21.1. The van der Waals surface area contributed by atoms with Crippen LogP contribution in [0.5, 0.6) is 0 Å². The first-order chi connectivity index (χ1) is 14.5. The maximum atomic E-state index is 12.6. The molecule has 1 unspecified atom stereocenters. The topological polar surface area (TPSA) is 106 Å². The molecule has 2 amide bonds. The van der Waals surface area contributed by atoms with Crippen molar-refractivity contribution in [2.75, 3.05) is 23.3 Å². The summed E-state index contributed by atoms with van der Waals surface area (Å²) in [5, 5.41) is 7.64. The second kappa shape index (κ2) is 8.54. The Morgan fingerprint density at radius 2 is 2.07 bits per heavy atom. The molecular weight excluding hydrogens is 404 g/mol. The van der Waals surface area contributed by atoms with E-state index < -0.39 is 0 Å². The predicted octanol–water partition coefficient (Wildman–Crippen LogP) is 2.87. The van der Waals surface area contributed by atoms with Gasteiger partial charge >= 0.3 is 0 Å². The van der Waals surface area contributed by atoms with Crippen LogP contribution in [0.1, 0.15) is 23.2 Å². The lowest BCUT2D eigenvalue weighted by Gasteiger charge is -2.32. The highest BCUT2D eigenvalue weighted by Gasteiger charge is 2.24. The molecule has 1 atom stereocenters. The molecule has 1 aromatic carbocycles. The summed E-state index contributed by atoms with van der Waals surface area (Å²) < 4.78 is 1.59. The number of rotatable bonds is 5. The van der Waals surface area contributed by atoms with Gasteiger partial charge in [0.25, 0.3) is 5.91 Å². The van der Waals surface area contributed by atoms with E-state index in [2.05, 4.69) is 15.4 Å². The van der Waals surface area contributed by atoms with E-state index in [0.29, 0.717) is 22.8 Å². The molecule has 0 aliphatic carbocycles. The Morgan fingerprint density at radius 1 is 1.20 bits per heavy atom. The fraction of sp³-hybridized carbons (Fsp3) is 0.238. The van der Waals surface area contributed by atoms with Crippen LogP contribution in [-0.2, 0) is 4.79 Å². The number of nitrogens with two attached hydrogens (primary N) is 1. The second-order valence-electron chi connectivity index (χ2n) is 7.20. The summed E-state index contributed by atoms with van der Waals surface area (Å²) in [6, 6.07) is 10.8. The number of pyridine rings is 1. The summed E-state index contributed by atoms with van der Waals surface area (Å²) in [5.74, 6) is 0.0372. The average Bonchev–Trinajstić information content (AvgIpc) is 3.25. The normalized spacial score (nSPS) is 16.3. The Labute approximate surface area is 178 Å². The van der Waals surface area contributed by atoms with E-state index in [9.17, 15) is 9.59 Å². The average molecular weight is 425 g/mol. The number of benzene rings is 1. The summed E-state index contributed by atoms with van der Waals surface area (Å²) in [4.78, 5) is 30.5. The van der Waals surface area contributed by atoms with Gasteiger partial charge in [-0.05, 0) is 43.2 Å². The van der Waals surface area contributed by atoms with Crippen LogP contribution in [0.4, 0.5) is 11.5 Å². The number of piperidine rings is 1. The highest BCUT2D eigenvalue weighted by atomic mass is 35.5. The van der Waals surface area contributed by atoms with Crippen molar-refractivity contribution in [2.24, 2.45) is 11.7 Å². The van der Waals surface area contributed by atoms with E-state index in [-0.39, 0.29) is 17.7 Å². The number of carbonyl (C=O) groups is 2. The van der Waals surface area contributed by atoms with Crippen LogP contribution in [0.3, 0.4) is 0 Å². The molecular formula is C21H21ClN6O2. The van der Waals surface area contributed by atoms with E-state index in [1.54, 1.807) is 35.3 Å². The Morgan fingerprint density at radius 3 is 2.80 bits per heavy atom. The van der Waals surface area contributed by atoms with Crippen molar-refractivity contribution in [3.63, 3.8) is 0 Å². The number of primary amides is 1. The largest absolute Gasteiger partial charge is 0.369 e. The third kappa shape index (κ3) is 4.44. The number of aromatic nitrogens is 3. The maximum absolute atomic E-state index is 12.6. The minimum Gasteiger partial charge on any atom is -0.369 e. The van der Waals surface area contributed by atoms with Gasteiger partial charge in [0.2, 0.25) is 5.91 Å². The molecule has 0 radical (unpaired) electrons. The SMILES string of the molecule is NC(=O)C1CCCN(c2ccc(NC(=O)c3cnn(-c4cccc(Cl)c4)c3)cn2)C1. The first-order valence-electron chi connectivity index (χ1n) is 9.62. The van der Waals surface area contributed by atoms with Gasteiger partial charge in [-0.3, -0.25) is 9.59 Å². The minimum absolute atomic E-state index is 0.157. The van der Waals surface area contributed by atoms with Crippen LogP contribution in [-0.4, -0.2) is 39.7 Å². The number of halogens is 1. The van der Waals surface area contributed by atoms with Gasteiger partial charge in [0.05, 0.1) is 35.2 Å². The van der Waals surface area contributed by atoms with E-state index in [0.717, 1.165) is 30.9 Å². The number of carbonyl (C=O) groups excluding carboxylic acids is 2. The number of hydrogen-bond donors (Lipinski definition) is 2. The number of nitrogens with zero attached hydrogens (tertiary/aromatic N) is 4. The lowest BCUT2D eigenvalue weighted by Crippen LogP contribution is -2.41. The number of anilines is 2. The molecule has 0 bridgehead atoms. The lowest BCUT2D eigenvalue weighted by molar-refractivity contribution is -0.122. The van der Waals surface area contributed by atoms with Gasteiger partial charge in [0, 0.05) is 24.3 Å². The second-order valence-corrected chi connectivity index (χ2v) is 7.64. The molecule has 154 valence electrons. The summed E-state index contributed by atoms with van der Waals surface area (Å²) >= 11 is 6.01. The van der Waals surface area contributed by atoms with Crippen LogP contribution in [0.25, 0.3) is 5.69 Å². The fourth-order valence-corrected chi connectivity index (χ4v) is 3.65. The highest BCUT2D eigenvalue weighted by molar-refractivity contribution is 6.30. The lowest BCUT2D eigenvalue weighted by atomic mass is 9.97. The zero-order valence-corrected chi connectivity index (χ0v) is 16.9. The van der Waals surface area contributed by atoms with Gasteiger partial charge in [-0.1, -0.05) is 17.7 Å². The van der Waals surface area contributed by atoms with E-state index >= 15 is 0 Å². The van der Waals surface area contributed by atoms with Gasteiger partial charge in [0.15, 0.2) is 0 Å². The standard InChI is InChI=1S/C21H21ClN6O2/c22-16-4-1-5-18(9-16)28-13-15(10-25-28)21(30)26-17-6-7-19(24-11-17)27-8-2-3-14(12-27)20(23)29/h1,4-7,9-11,13-14H,2-3,8,12H2,(H2,23,29)(H,26,30). The first kappa shape index (κ1) is 19.9. The minimum atomic E-state index is -0.287. The molecule has 1 aliphatic rings. The fourth-order valence-electron chi connectivity index (χ4n) is 3.47. The van der Waals surface area contributed by atoms with Crippen molar-refractivity contribution in [1.82, 2.24) is 14.8 Å². The van der Waals surface area contributed by atoms with Crippen molar-refractivity contribution in [3.05, 3.63) is 65.6 Å². The Bertz CT molecular complexity index is 1070. The smallest absolute Gasteiger partial charge is 0.258 e. The Balaban J connectivity index is 1.41. The van der Waals surface area contributed by atoms with E-state index in [1.165, 1.54) is 6.20 Å². The molecule has 30 heavy (non-hydrogen) atoms. The molecule has 3 heterocycles. The number of amides is 2. The van der Waals surface area contributed by atoms with Crippen molar-refractivity contribution in [3.8, 4) is 5.69 Å². The molecule has 1 fully saturated rings. The van der Waals surface area contributed by atoms with Gasteiger partial charge in [-0.15, -0.1) is 0 Å².